The summed E-state index contributed by atoms with van der Waals surface area (Å²) >= 11 is 0. The number of ether oxygens (including phenoxy) is 2. The number of aryl methyl sites for hydroxylation is 2. The minimum atomic E-state index is -0.549. The molecule has 1 aromatic rings. The molecule has 2 saturated heterocycles. The van der Waals surface area contributed by atoms with E-state index in [-0.39, 0.29) is 5.91 Å². The number of amides is 1. The van der Waals surface area contributed by atoms with Crippen LogP contribution in [0.1, 0.15) is 34.3 Å². The van der Waals surface area contributed by atoms with Gasteiger partial charge in [0.15, 0.2) is 5.79 Å². The highest BCUT2D eigenvalue weighted by Gasteiger charge is 2.42. The van der Waals surface area contributed by atoms with E-state index in [4.69, 9.17) is 9.47 Å². The lowest BCUT2D eigenvalue weighted by Crippen LogP contribution is -2.51. The Morgan fingerprint density at radius 1 is 1.15 bits per heavy atom. The molecule has 2 heterocycles. The van der Waals surface area contributed by atoms with Gasteiger partial charge in [0.05, 0.1) is 19.8 Å². The lowest BCUT2D eigenvalue weighted by molar-refractivity contribution is -0.183. The zero-order valence-electron chi connectivity index (χ0n) is 12.1. The highest BCUT2D eigenvalue weighted by atomic mass is 16.7. The molecule has 0 aromatic heterocycles. The Hall–Kier alpha value is -1.39. The predicted octanol–water partition coefficient (Wildman–Crippen LogP) is 2.28. The Bertz CT molecular complexity index is 500. The van der Waals surface area contributed by atoms with Crippen LogP contribution in [-0.2, 0) is 9.47 Å². The van der Waals surface area contributed by atoms with Crippen LogP contribution in [0, 0.1) is 13.8 Å². The van der Waals surface area contributed by atoms with Crippen molar-refractivity contribution in [1.29, 1.82) is 0 Å². The van der Waals surface area contributed by atoms with Gasteiger partial charge < -0.3 is 14.4 Å². The van der Waals surface area contributed by atoms with E-state index in [1.165, 1.54) is 0 Å². The van der Waals surface area contributed by atoms with Crippen LogP contribution in [0.5, 0.6) is 0 Å². The molecule has 4 nitrogen and oxygen atoms in total. The molecule has 1 aromatic carbocycles. The number of benzene rings is 1. The molecule has 108 valence electrons. The van der Waals surface area contributed by atoms with Crippen LogP contribution >= 0.6 is 0 Å². The van der Waals surface area contributed by atoms with Gasteiger partial charge in [-0.1, -0.05) is 17.2 Å². The van der Waals surface area contributed by atoms with Gasteiger partial charge in [-0.3, -0.25) is 4.79 Å². The van der Waals surface area contributed by atoms with Crippen LogP contribution in [0.25, 0.3) is 0 Å². The van der Waals surface area contributed by atoms with E-state index in [1.54, 1.807) is 0 Å². The summed E-state index contributed by atoms with van der Waals surface area (Å²) in [7, 11) is 0. The van der Waals surface area contributed by atoms with Gasteiger partial charge in [0, 0.05) is 18.5 Å². The molecule has 0 N–H and O–H groups in total. The van der Waals surface area contributed by atoms with Gasteiger partial charge in [-0.2, -0.15) is 0 Å². The molecule has 4 heteroatoms. The minimum absolute atomic E-state index is 0.0787. The minimum Gasteiger partial charge on any atom is -0.346 e. The van der Waals surface area contributed by atoms with Gasteiger partial charge in [-0.15, -0.1) is 0 Å². The third kappa shape index (κ3) is 2.58. The van der Waals surface area contributed by atoms with Gasteiger partial charge in [-0.05, 0) is 32.4 Å². The molecule has 0 atom stereocenters. The van der Waals surface area contributed by atoms with E-state index in [2.05, 4.69) is 6.07 Å². The first-order valence-corrected chi connectivity index (χ1v) is 7.23. The van der Waals surface area contributed by atoms with Crippen LogP contribution in [0.4, 0.5) is 0 Å². The third-order valence-corrected chi connectivity index (χ3v) is 3.99. The molecule has 2 aliphatic rings. The van der Waals surface area contributed by atoms with Crippen molar-refractivity contribution in [3.8, 4) is 0 Å². The fourth-order valence-electron chi connectivity index (χ4n) is 3.17. The number of carbonyl (C=O) groups excluding carboxylic acids is 1. The Kier molecular flexibility index (Phi) is 3.52. The molecule has 0 aliphatic carbocycles. The van der Waals surface area contributed by atoms with Crippen molar-refractivity contribution in [2.45, 2.75) is 32.5 Å². The van der Waals surface area contributed by atoms with Crippen molar-refractivity contribution in [3.63, 3.8) is 0 Å². The number of carbonyl (C=O) groups is 1. The van der Waals surface area contributed by atoms with Crippen molar-refractivity contribution >= 4 is 5.91 Å². The summed E-state index contributed by atoms with van der Waals surface area (Å²) in [6.45, 7) is 6.62. The standard InChI is InChI=1S/C16H21NO3/c1-12-8-13(2)10-14(9-12)15(18)17-5-3-4-16(11-17)19-6-7-20-16/h8-10H,3-7,11H2,1-2H3. The summed E-state index contributed by atoms with van der Waals surface area (Å²) < 4.78 is 11.5. The maximum Gasteiger partial charge on any atom is 0.254 e. The molecule has 0 radical (unpaired) electrons. The zero-order chi connectivity index (χ0) is 14.2. The average molecular weight is 275 g/mol. The lowest BCUT2D eigenvalue weighted by atomic mass is 10.0. The van der Waals surface area contributed by atoms with Gasteiger partial charge in [0.25, 0.3) is 5.91 Å². The summed E-state index contributed by atoms with van der Waals surface area (Å²) in [6.07, 6.45) is 1.81. The first-order chi connectivity index (χ1) is 9.58. The number of likely N-dealkylation sites (tertiary alicyclic amines) is 1. The van der Waals surface area contributed by atoms with Crippen molar-refractivity contribution in [2.75, 3.05) is 26.3 Å². The Balaban J connectivity index is 1.79. The lowest BCUT2D eigenvalue weighted by Gasteiger charge is -2.38. The predicted molar refractivity (Wildman–Crippen MR) is 75.7 cm³/mol. The van der Waals surface area contributed by atoms with Crippen molar-refractivity contribution in [3.05, 3.63) is 34.9 Å². The smallest absolute Gasteiger partial charge is 0.254 e. The largest absolute Gasteiger partial charge is 0.346 e. The van der Waals surface area contributed by atoms with Gasteiger partial charge in [0.2, 0.25) is 0 Å². The monoisotopic (exact) mass is 275 g/mol. The second-order valence-corrected chi connectivity index (χ2v) is 5.81. The molecular formula is C16H21NO3. The average Bonchev–Trinajstić information content (AvgIpc) is 2.85. The summed E-state index contributed by atoms with van der Waals surface area (Å²) in [5, 5.41) is 0. The first-order valence-electron chi connectivity index (χ1n) is 7.23. The fraction of sp³-hybridized carbons (Fsp3) is 0.562. The summed E-state index contributed by atoms with van der Waals surface area (Å²) in [6, 6.07) is 5.98. The van der Waals surface area contributed by atoms with Crippen LogP contribution in [0.2, 0.25) is 0 Å². The molecule has 0 unspecified atom stereocenters. The molecule has 0 saturated carbocycles. The molecule has 3 rings (SSSR count). The van der Waals surface area contributed by atoms with Crippen molar-refractivity contribution in [2.24, 2.45) is 0 Å². The van der Waals surface area contributed by atoms with E-state index in [0.29, 0.717) is 19.8 Å². The SMILES string of the molecule is Cc1cc(C)cc(C(=O)N2CCCC3(C2)OCCO3)c1. The fourth-order valence-corrected chi connectivity index (χ4v) is 3.17. The molecule has 2 fully saturated rings. The van der Waals surface area contributed by atoms with Crippen LogP contribution in [-0.4, -0.2) is 42.9 Å². The number of hydrogen-bond acceptors (Lipinski definition) is 3. The third-order valence-electron chi connectivity index (χ3n) is 3.99. The summed E-state index contributed by atoms with van der Waals surface area (Å²) in [5.41, 5.74) is 3.00. The normalized spacial score (nSPS) is 21.4. The van der Waals surface area contributed by atoms with Crippen molar-refractivity contribution < 1.29 is 14.3 Å². The Labute approximate surface area is 119 Å². The Morgan fingerprint density at radius 2 is 1.80 bits per heavy atom. The van der Waals surface area contributed by atoms with E-state index in [9.17, 15) is 4.79 Å². The maximum absolute atomic E-state index is 12.7. The van der Waals surface area contributed by atoms with E-state index < -0.39 is 5.79 Å². The molecule has 0 bridgehead atoms. The zero-order valence-corrected chi connectivity index (χ0v) is 12.1. The molecule has 1 amide bonds. The molecule has 2 aliphatic heterocycles. The maximum atomic E-state index is 12.7. The summed E-state index contributed by atoms with van der Waals surface area (Å²) in [5.74, 6) is -0.470. The first kappa shape index (κ1) is 13.6. The highest BCUT2D eigenvalue weighted by molar-refractivity contribution is 5.94. The van der Waals surface area contributed by atoms with E-state index in [1.807, 2.05) is 30.9 Å². The topological polar surface area (TPSA) is 38.8 Å². The number of piperidine rings is 1. The second-order valence-electron chi connectivity index (χ2n) is 5.81. The van der Waals surface area contributed by atoms with Crippen LogP contribution in [0.15, 0.2) is 18.2 Å². The van der Waals surface area contributed by atoms with Gasteiger partial charge >= 0.3 is 0 Å². The Morgan fingerprint density at radius 3 is 2.45 bits per heavy atom. The quantitative estimate of drug-likeness (QED) is 0.789. The molecule has 1 spiro atoms. The van der Waals surface area contributed by atoms with E-state index in [0.717, 1.165) is 36.1 Å². The van der Waals surface area contributed by atoms with E-state index >= 15 is 0 Å². The molecular weight excluding hydrogens is 254 g/mol. The number of hydrogen-bond donors (Lipinski definition) is 0. The van der Waals surface area contributed by atoms with Crippen molar-refractivity contribution in [1.82, 2.24) is 4.90 Å². The second kappa shape index (κ2) is 5.19. The molecule has 20 heavy (non-hydrogen) atoms. The highest BCUT2D eigenvalue weighted by Crippen LogP contribution is 2.30. The van der Waals surface area contributed by atoms with Crippen LogP contribution in [0.3, 0.4) is 0 Å². The number of nitrogens with zero attached hydrogens (tertiary/aromatic N) is 1. The summed E-state index contributed by atoms with van der Waals surface area (Å²) in [4.78, 5) is 14.5. The number of rotatable bonds is 1. The van der Waals surface area contributed by atoms with Crippen LogP contribution < -0.4 is 0 Å². The van der Waals surface area contributed by atoms with Gasteiger partial charge in [-0.25, -0.2) is 0 Å². The van der Waals surface area contributed by atoms with Gasteiger partial charge in [0.1, 0.15) is 0 Å².